The van der Waals surface area contributed by atoms with Crippen LogP contribution in [0.5, 0.6) is 11.5 Å². The van der Waals surface area contributed by atoms with Crippen LogP contribution >= 0.6 is 0 Å². The van der Waals surface area contributed by atoms with Crippen LogP contribution in [-0.4, -0.2) is 30.9 Å². The highest BCUT2D eigenvalue weighted by molar-refractivity contribution is 5.93. The molecule has 3 rings (SSSR count). The Morgan fingerprint density at radius 3 is 2.83 bits per heavy atom. The van der Waals surface area contributed by atoms with E-state index in [4.69, 9.17) is 14.3 Å². The quantitative estimate of drug-likeness (QED) is 0.924. The Bertz CT molecular complexity index is 613. The predicted octanol–water partition coefficient (Wildman–Crippen LogP) is 2.27. The van der Waals surface area contributed by atoms with Crippen molar-refractivity contribution >= 4 is 11.6 Å². The molecule has 0 saturated heterocycles. The zero-order valence-electron chi connectivity index (χ0n) is 13.5. The van der Waals surface area contributed by atoms with Crippen molar-refractivity contribution in [1.82, 2.24) is 5.32 Å². The molecule has 0 spiro atoms. The summed E-state index contributed by atoms with van der Waals surface area (Å²) in [6.45, 7) is 5.82. The van der Waals surface area contributed by atoms with Gasteiger partial charge in [0.15, 0.2) is 11.5 Å². The van der Waals surface area contributed by atoms with Gasteiger partial charge in [-0.3, -0.25) is 4.79 Å². The number of benzene rings is 1. The number of amides is 1. The molecule has 0 aromatic heterocycles. The van der Waals surface area contributed by atoms with Crippen LogP contribution in [0.1, 0.15) is 32.3 Å². The number of fused-ring (bicyclic) bond motifs is 1. The summed E-state index contributed by atoms with van der Waals surface area (Å²) < 4.78 is 11.3. The van der Waals surface area contributed by atoms with E-state index >= 15 is 0 Å². The van der Waals surface area contributed by atoms with E-state index in [9.17, 15) is 4.79 Å². The molecule has 0 unspecified atom stereocenters. The van der Waals surface area contributed by atoms with Crippen molar-refractivity contribution in [1.29, 1.82) is 0 Å². The molecule has 23 heavy (non-hydrogen) atoms. The maximum atomic E-state index is 12.2. The Labute approximate surface area is 135 Å². The number of hydrogen-bond donors (Lipinski definition) is 1. The van der Waals surface area contributed by atoms with Crippen LogP contribution in [0, 0.1) is 5.92 Å². The zero-order valence-corrected chi connectivity index (χ0v) is 13.5. The van der Waals surface area contributed by atoms with Gasteiger partial charge < -0.3 is 19.6 Å². The summed E-state index contributed by atoms with van der Waals surface area (Å²) in [4.78, 5) is 17.4. The van der Waals surface area contributed by atoms with Crippen molar-refractivity contribution in [3.8, 4) is 11.5 Å². The number of nitrogens with one attached hydrogen (secondary N) is 1. The molecule has 0 radical (unpaired) electrons. The van der Waals surface area contributed by atoms with Gasteiger partial charge in [-0.25, -0.2) is 0 Å². The van der Waals surface area contributed by atoms with E-state index in [2.05, 4.69) is 10.5 Å². The van der Waals surface area contributed by atoms with Gasteiger partial charge in [0.05, 0.1) is 18.9 Å². The molecule has 0 aliphatic carbocycles. The van der Waals surface area contributed by atoms with E-state index < -0.39 is 6.10 Å². The first-order chi connectivity index (χ1) is 11.1. The molecule has 1 amide bonds. The summed E-state index contributed by atoms with van der Waals surface area (Å²) in [5.41, 5.74) is 1.89. The highest BCUT2D eigenvalue weighted by Gasteiger charge is 2.29. The van der Waals surface area contributed by atoms with Gasteiger partial charge in [0, 0.05) is 19.4 Å². The number of oxime groups is 1. The Balaban J connectivity index is 1.54. The van der Waals surface area contributed by atoms with E-state index in [1.54, 1.807) is 0 Å². The third kappa shape index (κ3) is 3.75. The number of carbonyl (C=O) groups excluding carboxylic acids is 1. The second kappa shape index (κ2) is 6.89. The molecule has 2 aliphatic heterocycles. The molecular formula is C17H22N2O4. The minimum atomic E-state index is -0.521. The molecule has 2 aliphatic rings. The van der Waals surface area contributed by atoms with Crippen molar-refractivity contribution < 1.29 is 19.1 Å². The number of hydrogen-bond acceptors (Lipinski definition) is 5. The normalized spacial score (nSPS) is 19.8. The lowest BCUT2D eigenvalue weighted by atomic mass is 10.0. The van der Waals surface area contributed by atoms with Gasteiger partial charge in [-0.2, -0.15) is 0 Å². The van der Waals surface area contributed by atoms with Gasteiger partial charge in [-0.1, -0.05) is 25.1 Å². The molecular weight excluding hydrogens is 296 g/mol. The average molecular weight is 318 g/mol. The largest absolute Gasteiger partial charge is 0.490 e. The standard InChI is InChI=1S/C17H22N2O4/c1-11(2)13-9-16(23-19-13)17(20)18-10-12-4-5-14-15(8-12)22-7-3-6-21-14/h4-5,8,11,16H,3,6-7,9-10H2,1-2H3,(H,18,20)/t16-/m0/s1. The van der Waals surface area contributed by atoms with Crippen LogP contribution in [0.4, 0.5) is 0 Å². The fourth-order valence-electron chi connectivity index (χ4n) is 2.50. The maximum Gasteiger partial charge on any atom is 0.264 e. The number of rotatable bonds is 4. The molecule has 6 nitrogen and oxygen atoms in total. The van der Waals surface area contributed by atoms with Crippen LogP contribution in [0.15, 0.2) is 23.4 Å². The highest BCUT2D eigenvalue weighted by atomic mass is 16.6. The second-order valence-electron chi connectivity index (χ2n) is 6.08. The number of carbonyl (C=O) groups is 1. The Morgan fingerprint density at radius 2 is 2.09 bits per heavy atom. The van der Waals surface area contributed by atoms with Gasteiger partial charge in [-0.05, 0) is 23.6 Å². The molecule has 2 heterocycles. The van der Waals surface area contributed by atoms with E-state index in [0.717, 1.165) is 29.2 Å². The van der Waals surface area contributed by atoms with Crippen LogP contribution < -0.4 is 14.8 Å². The van der Waals surface area contributed by atoms with Crippen molar-refractivity contribution in [3.05, 3.63) is 23.8 Å². The molecule has 6 heteroatoms. The third-order valence-electron chi connectivity index (χ3n) is 3.93. The van der Waals surface area contributed by atoms with Crippen LogP contribution in [0.25, 0.3) is 0 Å². The first-order valence-corrected chi connectivity index (χ1v) is 8.02. The van der Waals surface area contributed by atoms with E-state index in [0.29, 0.717) is 32.1 Å². The molecule has 1 atom stereocenters. The molecule has 1 N–H and O–H groups in total. The van der Waals surface area contributed by atoms with Gasteiger partial charge in [-0.15, -0.1) is 0 Å². The van der Waals surface area contributed by atoms with E-state index in [1.165, 1.54) is 0 Å². The molecule has 0 saturated carbocycles. The summed E-state index contributed by atoms with van der Waals surface area (Å²) in [5, 5.41) is 6.87. The molecule has 124 valence electrons. The highest BCUT2D eigenvalue weighted by Crippen LogP contribution is 2.30. The number of ether oxygens (including phenoxy) is 2. The zero-order chi connectivity index (χ0) is 16.2. The van der Waals surface area contributed by atoms with Crippen molar-refractivity contribution in [2.24, 2.45) is 11.1 Å². The first-order valence-electron chi connectivity index (χ1n) is 8.02. The third-order valence-corrected chi connectivity index (χ3v) is 3.93. The van der Waals surface area contributed by atoms with Gasteiger partial charge in [0.1, 0.15) is 0 Å². The smallest absolute Gasteiger partial charge is 0.264 e. The van der Waals surface area contributed by atoms with E-state index in [-0.39, 0.29) is 5.91 Å². The maximum absolute atomic E-state index is 12.2. The lowest BCUT2D eigenvalue weighted by Gasteiger charge is -2.12. The Morgan fingerprint density at radius 1 is 1.30 bits per heavy atom. The average Bonchev–Trinajstić information content (AvgIpc) is 2.93. The Hall–Kier alpha value is -2.24. The Kier molecular flexibility index (Phi) is 4.69. The van der Waals surface area contributed by atoms with Crippen molar-refractivity contribution in [2.75, 3.05) is 13.2 Å². The molecule has 0 bridgehead atoms. The van der Waals surface area contributed by atoms with Crippen LogP contribution in [0.3, 0.4) is 0 Å². The summed E-state index contributed by atoms with van der Waals surface area (Å²) in [6.07, 6.45) is 0.913. The lowest BCUT2D eigenvalue weighted by Crippen LogP contribution is -2.34. The minimum absolute atomic E-state index is 0.142. The summed E-state index contributed by atoms with van der Waals surface area (Å²) >= 11 is 0. The topological polar surface area (TPSA) is 69.2 Å². The fraction of sp³-hybridized carbons (Fsp3) is 0.529. The van der Waals surface area contributed by atoms with Gasteiger partial charge in [0.25, 0.3) is 5.91 Å². The van der Waals surface area contributed by atoms with Gasteiger partial charge in [0.2, 0.25) is 6.10 Å². The summed E-state index contributed by atoms with van der Waals surface area (Å²) in [5.74, 6) is 1.65. The first kappa shape index (κ1) is 15.6. The van der Waals surface area contributed by atoms with Crippen molar-refractivity contribution in [2.45, 2.75) is 39.3 Å². The van der Waals surface area contributed by atoms with Crippen LogP contribution in [0.2, 0.25) is 0 Å². The predicted molar refractivity (Wildman–Crippen MR) is 85.7 cm³/mol. The monoisotopic (exact) mass is 318 g/mol. The minimum Gasteiger partial charge on any atom is -0.490 e. The fourth-order valence-corrected chi connectivity index (χ4v) is 2.50. The van der Waals surface area contributed by atoms with Gasteiger partial charge >= 0.3 is 0 Å². The summed E-state index contributed by atoms with van der Waals surface area (Å²) in [6, 6.07) is 5.72. The van der Waals surface area contributed by atoms with Crippen LogP contribution in [-0.2, 0) is 16.2 Å². The summed E-state index contributed by atoms with van der Waals surface area (Å²) in [7, 11) is 0. The molecule has 1 aromatic carbocycles. The van der Waals surface area contributed by atoms with Crippen molar-refractivity contribution in [3.63, 3.8) is 0 Å². The lowest BCUT2D eigenvalue weighted by molar-refractivity contribution is -0.131. The SMILES string of the molecule is CC(C)C1=NO[C@H](C(=O)NCc2ccc3c(c2)OCCCO3)C1. The number of nitrogens with zero attached hydrogens (tertiary/aromatic N) is 1. The molecule has 0 fully saturated rings. The second-order valence-corrected chi connectivity index (χ2v) is 6.08. The molecule has 1 aromatic rings. The van der Waals surface area contributed by atoms with E-state index in [1.807, 2.05) is 32.0 Å².